The van der Waals surface area contributed by atoms with Crippen LogP contribution >= 0.6 is 11.8 Å². The monoisotopic (exact) mass is 231 g/mol. The number of carbonyl (C=O) groups excluding carboxylic acids is 1. The highest BCUT2D eigenvalue weighted by molar-refractivity contribution is 7.99. The SMILES string of the molecule is CC(C(=O)N1CCCSCC1)C(N)=NO. The summed E-state index contributed by atoms with van der Waals surface area (Å²) in [5.74, 6) is 1.47. The van der Waals surface area contributed by atoms with Gasteiger partial charge in [-0.25, -0.2) is 0 Å². The Kier molecular flexibility index (Phi) is 4.74. The van der Waals surface area contributed by atoms with E-state index in [0.717, 1.165) is 31.0 Å². The molecule has 0 aromatic carbocycles. The van der Waals surface area contributed by atoms with E-state index >= 15 is 0 Å². The van der Waals surface area contributed by atoms with Gasteiger partial charge in [-0.1, -0.05) is 5.16 Å². The Bertz CT molecular complexity index is 250. The molecule has 0 aromatic heterocycles. The van der Waals surface area contributed by atoms with Crippen LogP contribution in [0.25, 0.3) is 0 Å². The smallest absolute Gasteiger partial charge is 0.233 e. The molecule has 86 valence electrons. The van der Waals surface area contributed by atoms with Crippen molar-refractivity contribution in [2.75, 3.05) is 24.6 Å². The molecule has 15 heavy (non-hydrogen) atoms. The van der Waals surface area contributed by atoms with Gasteiger partial charge in [-0.15, -0.1) is 0 Å². The largest absolute Gasteiger partial charge is 0.409 e. The second-order valence-corrected chi connectivity index (χ2v) is 4.76. The number of nitrogens with two attached hydrogens (primary N) is 1. The highest BCUT2D eigenvalue weighted by Gasteiger charge is 2.24. The number of oxime groups is 1. The summed E-state index contributed by atoms with van der Waals surface area (Å²) in [6, 6.07) is 0. The molecular weight excluding hydrogens is 214 g/mol. The van der Waals surface area contributed by atoms with E-state index < -0.39 is 5.92 Å². The van der Waals surface area contributed by atoms with Crippen LogP contribution in [0, 0.1) is 5.92 Å². The van der Waals surface area contributed by atoms with Gasteiger partial charge in [0.15, 0.2) is 5.84 Å². The lowest BCUT2D eigenvalue weighted by molar-refractivity contribution is -0.132. The van der Waals surface area contributed by atoms with E-state index in [1.165, 1.54) is 0 Å². The Balaban J connectivity index is 2.57. The Morgan fingerprint density at radius 1 is 1.53 bits per heavy atom. The van der Waals surface area contributed by atoms with Crippen molar-refractivity contribution in [1.82, 2.24) is 4.90 Å². The van der Waals surface area contributed by atoms with Gasteiger partial charge in [-0.2, -0.15) is 11.8 Å². The summed E-state index contributed by atoms with van der Waals surface area (Å²) >= 11 is 1.86. The second-order valence-electron chi connectivity index (χ2n) is 3.54. The molecule has 6 heteroatoms. The summed E-state index contributed by atoms with van der Waals surface area (Å²) in [5.41, 5.74) is 5.41. The first-order valence-corrected chi connectivity index (χ1v) is 6.16. The maximum Gasteiger partial charge on any atom is 0.233 e. The quantitative estimate of drug-likeness (QED) is 0.311. The zero-order valence-corrected chi connectivity index (χ0v) is 9.66. The molecule has 0 radical (unpaired) electrons. The fourth-order valence-corrected chi connectivity index (χ4v) is 2.34. The van der Waals surface area contributed by atoms with Crippen molar-refractivity contribution in [3.8, 4) is 0 Å². The molecule has 1 aliphatic heterocycles. The van der Waals surface area contributed by atoms with E-state index in [2.05, 4.69) is 5.16 Å². The molecule has 5 nitrogen and oxygen atoms in total. The van der Waals surface area contributed by atoms with Crippen LogP contribution in [0.1, 0.15) is 13.3 Å². The summed E-state index contributed by atoms with van der Waals surface area (Å²) in [7, 11) is 0. The standard InChI is InChI=1S/C9H17N3O2S/c1-7(8(10)11-14)9(13)12-3-2-5-15-6-4-12/h7,14H,2-6H2,1H3,(H2,10,11). The van der Waals surface area contributed by atoms with Gasteiger partial charge in [0.25, 0.3) is 0 Å². The average Bonchev–Trinajstić information content (AvgIpc) is 2.54. The highest BCUT2D eigenvalue weighted by Crippen LogP contribution is 2.12. The Morgan fingerprint density at radius 3 is 2.93 bits per heavy atom. The van der Waals surface area contributed by atoms with Crippen LogP contribution in [0.4, 0.5) is 0 Å². The van der Waals surface area contributed by atoms with E-state index in [9.17, 15) is 4.79 Å². The lowest BCUT2D eigenvalue weighted by Crippen LogP contribution is -2.41. The van der Waals surface area contributed by atoms with Gasteiger partial charge in [0.1, 0.15) is 0 Å². The molecule has 1 amide bonds. The molecule has 1 fully saturated rings. The number of amidine groups is 1. The molecule has 1 heterocycles. The van der Waals surface area contributed by atoms with E-state index in [0.29, 0.717) is 0 Å². The van der Waals surface area contributed by atoms with Crippen molar-refractivity contribution in [2.45, 2.75) is 13.3 Å². The zero-order valence-electron chi connectivity index (χ0n) is 8.85. The predicted molar refractivity (Wildman–Crippen MR) is 61.1 cm³/mol. The van der Waals surface area contributed by atoms with E-state index in [-0.39, 0.29) is 11.7 Å². The summed E-state index contributed by atoms with van der Waals surface area (Å²) in [6.45, 7) is 3.19. The molecule has 1 aliphatic rings. The predicted octanol–water partition coefficient (Wildman–Crippen LogP) is 0.334. The Morgan fingerprint density at radius 2 is 2.27 bits per heavy atom. The van der Waals surface area contributed by atoms with Crippen LogP contribution in [0.15, 0.2) is 5.16 Å². The first-order chi connectivity index (χ1) is 7.16. The maximum absolute atomic E-state index is 11.9. The average molecular weight is 231 g/mol. The number of hydrogen-bond acceptors (Lipinski definition) is 4. The normalized spacial score (nSPS) is 20.9. The van der Waals surface area contributed by atoms with Crippen LogP contribution in [0.3, 0.4) is 0 Å². The molecule has 0 aromatic rings. The van der Waals surface area contributed by atoms with Crippen molar-refractivity contribution >= 4 is 23.5 Å². The van der Waals surface area contributed by atoms with Crippen LogP contribution in [0.2, 0.25) is 0 Å². The number of nitrogens with zero attached hydrogens (tertiary/aromatic N) is 2. The van der Waals surface area contributed by atoms with Crippen LogP contribution in [-0.4, -0.2) is 46.4 Å². The van der Waals surface area contributed by atoms with Crippen molar-refractivity contribution in [3.05, 3.63) is 0 Å². The first kappa shape index (κ1) is 12.2. The van der Waals surface area contributed by atoms with E-state index in [4.69, 9.17) is 10.9 Å². The molecule has 0 spiro atoms. The van der Waals surface area contributed by atoms with Crippen molar-refractivity contribution < 1.29 is 10.0 Å². The third kappa shape index (κ3) is 3.30. The van der Waals surface area contributed by atoms with Gasteiger partial charge in [0.2, 0.25) is 5.91 Å². The summed E-state index contributed by atoms with van der Waals surface area (Å²) < 4.78 is 0. The van der Waals surface area contributed by atoms with Crippen molar-refractivity contribution in [2.24, 2.45) is 16.8 Å². The fourth-order valence-electron chi connectivity index (χ4n) is 1.45. The second kappa shape index (κ2) is 5.85. The maximum atomic E-state index is 11.9. The van der Waals surface area contributed by atoms with Crippen molar-refractivity contribution in [3.63, 3.8) is 0 Å². The minimum atomic E-state index is -0.530. The molecule has 1 saturated heterocycles. The van der Waals surface area contributed by atoms with Gasteiger partial charge >= 0.3 is 0 Å². The minimum Gasteiger partial charge on any atom is -0.409 e. The summed E-state index contributed by atoms with van der Waals surface area (Å²) in [5, 5.41) is 11.4. The van der Waals surface area contributed by atoms with Gasteiger partial charge in [0, 0.05) is 18.8 Å². The summed E-state index contributed by atoms with van der Waals surface area (Å²) in [6.07, 6.45) is 1.01. The lowest BCUT2D eigenvalue weighted by atomic mass is 10.1. The molecule has 1 rings (SSSR count). The molecule has 0 saturated carbocycles. The first-order valence-electron chi connectivity index (χ1n) is 5.00. The van der Waals surface area contributed by atoms with Crippen LogP contribution < -0.4 is 5.73 Å². The third-order valence-corrected chi connectivity index (χ3v) is 3.51. The number of carbonyl (C=O) groups is 1. The molecular formula is C9H17N3O2S. The van der Waals surface area contributed by atoms with Gasteiger partial charge in [-0.05, 0) is 19.1 Å². The molecule has 1 atom stereocenters. The van der Waals surface area contributed by atoms with Crippen LogP contribution in [0.5, 0.6) is 0 Å². The zero-order chi connectivity index (χ0) is 11.3. The fraction of sp³-hybridized carbons (Fsp3) is 0.778. The topological polar surface area (TPSA) is 78.9 Å². The number of thioether (sulfide) groups is 1. The van der Waals surface area contributed by atoms with E-state index in [1.54, 1.807) is 11.8 Å². The van der Waals surface area contributed by atoms with Gasteiger partial charge in [-0.3, -0.25) is 4.79 Å². The minimum absolute atomic E-state index is 0.0168. The molecule has 0 aliphatic carbocycles. The third-order valence-electron chi connectivity index (χ3n) is 2.46. The van der Waals surface area contributed by atoms with Gasteiger partial charge < -0.3 is 15.8 Å². The number of hydrogen-bond donors (Lipinski definition) is 2. The lowest BCUT2D eigenvalue weighted by Gasteiger charge is -2.23. The highest BCUT2D eigenvalue weighted by atomic mass is 32.2. The van der Waals surface area contributed by atoms with E-state index in [1.807, 2.05) is 11.8 Å². The number of amides is 1. The number of rotatable bonds is 2. The Labute approximate surface area is 93.7 Å². The summed E-state index contributed by atoms with van der Waals surface area (Å²) in [4.78, 5) is 13.7. The van der Waals surface area contributed by atoms with Crippen molar-refractivity contribution in [1.29, 1.82) is 0 Å². The molecule has 3 N–H and O–H groups in total. The molecule has 1 unspecified atom stereocenters. The molecule has 0 bridgehead atoms. The Hall–Kier alpha value is -0.910. The van der Waals surface area contributed by atoms with Crippen LogP contribution in [-0.2, 0) is 4.79 Å². The van der Waals surface area contributed by atoms with Gasteiger partial charge in [0.05, 0.1) is 5.92 Å².